The zero-order valence-corrected chi connectivity index (χ0v) is 13.2. The van der Waals surface area contributed by atoms with Gasteiger partial charge in [0.05, 0.1) is 12.2 Å². The van der Waals surface area contributed by atoms with E-state index in [1.165, 1.54) is 6.20 Å². The number of esters is 1. The van der Waals surface area contributed by atoms with Crippen molar-refractivity contribution < 1.29 is 14.6 Å². The fraction of sp³-hybridized carbons (Fsp3) is 0.333. The van der Waals surface area contributed by atoms with Crippen LogP contribution in [0.3, 0.4) is 0 Å². The molecule has 0 aliphatic heterocycles. The van der Waals surface area contributed by atoms with Crippen molar-refractivity contribution >= 4 is 5.97 Å². The van der Waals surface area contributed by atoms with E-state index in [9.17, 15) is 4.79 Å². The van der Waals surface area contributed by atoms with Crippen molar-refractivity contribution in [2.45, 2.75) is 39.4 Å². The van der Waals surface area contributed by atoms with Gasteiger partial charge in [0.2, 0.25) is 0 Å². The first-order valence-electron chi connectivity index (χ1n) is 7.23. The second-order valence-electron chi connectivity index (χ2n) is 6.24. The van der Waals surface area contributed by atoms with Gasteiger partial charge in [-0.05, 0) is 49.9 Å². The van der Waals surface area contributed by atoms with Gasteiger partial charge in [0, 0.05) is 12.4 Å². The lowest BCUT2D eigenvalue weighted by Crippen LogP contribution is -2.24. The third-order valence-corrected chi connectivity index (χ3v) is 3.04. The van der Waals surface area contributed by atoms with Crippen molar-refractivity contribution in [2.75, 3.05) is 0 Å². The second kappa shape index (κ2) is 6.71. The number of hydrogen-bond acceptors (Lipinski definition) is 4. The molecule has 0 spiro atoms. The zero-order chi connectivity index (χ0) is 16.2. The maximum atomic E-state index is 12.1. The van der Waals surface area contributed by atoms with Crippen molar-refractivity contribution in [3.05, 3.63) is 65.0 Å². The number of hydrogen-bond donors (Lipinski definition) is 1. The number of nitrogens with zero attached hydrogens (tertiary/aromatic N) is 1. The van der Waals surface area contributed by atoms with Crippen LogP contribution in [0.2, 0.25) is 0 Å². The molecule has 0 radical (unpaired) electrons. The van der Waals surface area contributed by atoms with Crippen LogP contribution in [0, 0.1) is 0 Å². The normalized spacial score (nSPS) is 11.3. The zero-order valence-electron chi connectivity index (χ0n) is 13.2. The Morgan fingerprint density at radius 1 is 1.09 bits per heavy atom. The summed E-state index contributed by atoms with van der Waals surface area (Å²) in [6, 6.07) is 9.51. The maximum absolute atomic E-state index is 12.1. The van der Waals surface area contributed by atoms with Gasteiger partial charge in [-0.1, -0.05) is 24.3 Å². The van der Waals surface area contributed by atoms with Crippen molar-refractivity contribution in [1.29, 1.82) is 0 Å². The molecule has 4 nitrogen and oxygen atoms in total. The fourth-order valence-electron chi connectivity index (χ4n) is 2.03. The maximum Gasteiger partial charge on any atom is 0.340 e. The standard InChI is InChI=1S/C18H21NO3/c1-18(2,3)22-17(21)16-9-15(10-19-11-16)8-13-4-6-14(12-20)7-5-13/h4-7,9-11,20H,8,12H2,1-3H3. The molecule has 0 aliphatic carbocycles. The molecule has 0 amide bonds. The molecule has 1 aromatic carbocycles. The summed E-state index contributed by atoms with van der Waals surface area (Å²) in [6.45, 7) is 5.55. The molecule has 22 heavy (non-hydrogen) atoms. The van der Waals surface area contributed by atoms with Crippen LogP contribution in [0.25, 0.3) is 0 Å². The van der Waals surface area contributed by atoms with Crippen molar-refractivity contribution in [1.82, 2.24) is 4.98 Å². The molecular formula is C18H21NO3. The van der Waals surface area contributed by atoms with Gasteiger partial charge in [-0.25, -0.2) is 4.79 Å². The predicted octanol–water partition coefficient (Wildman–Crippen LogP) is 3.12. The highest BCUT2D eigenvalue weighted by molar-refractivity contribution is 5.89. The average Bonchev–Trinajstić information content (AvgIpc) is 2.46. The minimum atomic E-state index is -0.521. The molecule has 0 bridgehead atoms. The van der Waals surface area contributed by atoms with Crippen LogP contribution in [0.4, 0.5) is 0 Å². The molecule has 2 aromatic rings. The van der Waals surface area contributed by atoms with Gasteiger partial charge < -0.3 is 9.84 Å². The first-order chi connectivity index (χ1) is 10.4. The minimum Gasteiger partial charge on any atom is -0.456 e. The Morgan fingerprint density at radius 2 is 1.73 bits per heavy atom. The number of carbonyl (C=O) groups excluding carboxylic acids is 1. The summed E-state index contributed by atoms with van der Waals surface area (Å²) in [5.74, 6) is -0.363. The van der Waals surface area contributed by atoms with Crippen LogP contribution in [-0.2, 0) is 17.8 Å². The first kappa shape index (κ1) is 16.2. The fourth-order valence-corrected chi connectivity index (χ4v) is 2.03. The van der Waals surface area contributed by atoms with E-state index >= 15 is 0 Å². The van der Waals surface area contributed by atoms with Gasteiger partial charge >= 0.3 is 5.97 Å². The summed E-state index contributed by atoms with van der Waals surface area (Å²) in [5.41, 5.74) is 2.86. The summed E-state index contributed by atoms with van der Waals surface area (Å²) in [6.07, 6.45) is 3.94. The van der Waals surface area contributed by atoms with Crippen molar-refractivity contribution in [3.63, 3.8) is 0 Å². The van der Waals surface area contributed by atoms with Crippen LogP contribution >= 0.6 is 0 Å². The molecule has 0 saturated heterocycles. The third-order valence-electron chi connectivity index (χ3n) is 3.04. The Morgan fingerprint density at radius 3 is 2.32 bits per heavy atom. The molecule has 2 rings (SSSR count). The van der Waals surface area contributed by atoms with Gasteiger partial charge in [-0.3, -0.25) is 4.98 Å². The highest BCUT2D eigenvalue weighted by Crippen LogP contribution is 2.15. The molecular weight excluding hydrogens is 278 g/mol. The van der Waals surface area contributed by atoms with E-state index in [4.69, 9.17) is 9.84 Å². The number of aliphatic hydroxyl groups excluding tert-OH is 1. The number of benzene rings is 1. The number of aromatic nitrogens is 1. The number of pyridine rings is 1. The molecule has 0 atom stereocenters. The van der Waals surface area contributed by atoms with E-state index in [0.717, 1.165) is 16.7 Å². The molecule has 0 unspecified atom stereocenters. The molecule has 0 saturated carbocycles. The van der Waals surface area contributed by atoms with Crippen molar-refractivity contribution in [2.24, 2.45) is 0 Å². The summed E-state index contributed by atoms with van der Waals surface area (Å²) >= 11 is 0. The summed E-state index contributed by atoms with van der Waals surface area (Å²) < 4.78 is 5.35. The number of aliphatic hydroxyl groups is 1. The Hall–Kier alpha value is -2.20. The number of ether oxygens (including phenoxy) is 1. The highest BCUT2D eigenvalue weighted by atomic mass is 16.6. The molecule has 1 N–H and O–H groups in total. The van der Waals surface area contributed by atoms with Crippen LogP contribution in [0.15, 0.2) is 42.7 Å². The van der Waals surface area contributed by atoms with E-state index < -0.39 is 5.60 Å². The smallest absolute Gasteiger partial charge is 0.340 e. The molecule has 1 aromatic heterocycles. The number of carbonyl (C=O) groups is 1. The van der Waals surface area contributed by atoms with Gasteiger partial charge in [0.25, 0.3) is 0 Å². The van der Waals surface area contributed by atoms with Crippen LogP contribution < -0.4 is 0 Å². The second-order valence-corrected chi connectivity index (χ2v) is 6.24. The SMILES string of the molecule is CC(C)(C)OC(=O)c1cncc(Cc2ccc(CO)cc2)c1. The Bertz CT molecular complexity index is 642. The quantitative estimate of drug-likeness (QED) is 0.881. The van der Waals surface area contributed by atoms with E-state index in [1.54, 1.807) is 12.3 Å². The van der Waals surface area contributed by atoms with Gasteiger partial charge in [0.1, 0.15) is 5.60 Å². The first-order valence-corrected chi connectivity index (χ1v) is 7.23. The molecule has 1 heterocycles. The van der Waals surface area contributed by atoms with E-state index in [1.807, 2.05) is 45.0 Å². The number of rotatable bonds is 4. The average molecular weight is 299 g/mol. The van der Waals surface area contributed by atoms with Gasteiger partial charge in [-0.2, -0.15) is 0 Å². The predicted molar refractivity (Wildman–Crippen MR) is 84.6 cm³/mol. The van der Waals surface area contributed by atoms with Crippen LogP contribution in [-0.4, -0.2) is 21.7 Å². The Kier molecular flexibility index (Phi) is 4.93. The summed E-state index contributed by atoms with van der Waals surface area (Å²) in [4.78, 5) is 16.2. The van der Waals surface area contributed by atoms with Crippen LogP contribution in [0.5, 0.6) is 0 Å². The van der Waals surface area contributed by atoms with Crippen LogP contribution in [0.1, 0.15) is 47.8 Å². The molecule has 0 aliphatic rings. The van der Waals surface area contributed by atoms with E-state index in [2.05, 4.69) is 4.98 Å². The van der Waals surface area contributed by atoms with E-state index in [0.29, 0.717) is 12.0 Å². The Labute approximate surface area is 130 Å². The van der Waals surface area contributed by atoms with Crippen molar-refractivity contribution in [3.8, 4) is 0 Å². The molecule has 116 valence electrons. The topological polar surface area (TPSA) is 59.4 Å². The highest BCUT2D eigenvalue weighted by Gasteiger charge is 2.18. The largest absolute Gasteiger partial charge is 0.456 e. The van der Waals surface area contributed by atoms with E-state index in [-0.39, 0.29) is 12.6 Å². The molecule has 4 heteroatoms. The lowest BCUT2D eigenvalue weighted by molar-refractivity contribution is 0.00689. The summed E-state index contributed by atoms with van der Waals surface area (Å²) in [7, 11) is 0. The van der Waals surface area contributed by atoms with Gasteiger partial charge in [0.15, 0.2) is 0 Å². The van der Waals surface area contributed by atoms with Gasteiger partial charge in [-0.15, -0.1) is 0 Å². The molecule has 0 fully saturated rings. The summed E-state index contributed by atoms with van der Waals surface area (Å²) in [5, 5.41) is 9.05. The lowest BCUT2D eigenvalue weighted by atomic mass is 10.0. The monoisotopic (exact) mass is 299 g/mol. The Balaban J connectivity index is 2.12. The lowest BCUT2D eigenvalue weighted by Gasteiger charge is -2.19. The minimum absolute atomic E-state index is 0.0377. The third kappa shape index (κ3) is 4.67.